The van der Waals surface area contributed by atoms with Crippen LogP contribution < -0.4 is 5.32 Å². The molecule has 0 radical (unpaired) electrons. The summed E-state index contributed by atoms with van der Waals surface area (Å²) in [6.45, 7) is 6.91. The Bertz CT molecular complexity index is 350. The minimum atomic E-state index is -0.0926. The summed E-state index contributed by atoms with van der Waals surface area (Å²) in [4.78, 5) is 4.16. The molecule has 4 heteroatoms. The molecule has 17 heavy (non-hydrogen) atoms. The summed E-state index contributed by atoms with van der Waals surface area (Å²) in [5.41, 5.74) is 1.11. The van der Waals surface area contributed by atoms with Crippen LogP contribution in [0.25, 0.3) is 0 Å². The minimum absolute atomic E-state index is 0.0926. The zero-order chi connectivity index (χ0) is 12.9. The fourth-order valence-electron chi connectivity index (χ4n) is 1.45. The van der Waals surface area contributed by atoms with Crippen molar-refractivity contribution in [1.82, 2.24) is 10.3 Å². The van der Waals surface area contributed by atoms with E-state index in [1.54, 1.807) is 6.20 Å². The first-order valence-corrected chi connectivity index (χ1v) is 6.60. The Morgan fingerprint density at radius 1 is 1.41 bits per heavy atom. The van der Waals surface area contributed by atoms with Gasteiger partial charge in [0.2, 0.25) is 0 Å². The topological polar surface area (TPSA) is 34.1 Å². The van der Waals surface area contributed by atoms with Gasteiger partial charge in [-0.1, -0.05) is 0 Å². The summed E-state index contributed by atoms with van der Waals surface area (Å²) in [6, 6.07) is 2.40. The summed E-state index contributed by atoms with van der Waals surface area (Å²) in [7, 11) is 1.96. The fourth-order valence-corrected chi connectivity index (χ4v) is 1.86. The maximum absolute atomic E-state index is 5.79. The van der Waals surface area contributed by atoms with Gasteiger partial charge in [0.25, 0.3) is 0 Å². The van der Waals surface area contributed by atoms with Gasteiger partial charge in [0.15, 0.2) is 0 Å². The second-order valence-electron chi connectivity index (χ2n) is 5.12. The second kappa shape index (κ2) is 6.47. The fraction of sp³-hybridized carbons (Fsp3) is 0.615. The van der Waals surface area contributed by atoms with Gasteiger partial charge in [-0.05, 0) is 61.8 Å². The largest absolute Gasteiger partial charge is 0.374 e. The smallest absolute Gasteiger partial charge is 0.0629 e. The molecule has 1 rings (SSSR count). The quantitative estimate of drug-likeness (QED) is 0.908. The Labute approximate surface area is 112 Å². The van der Waals surface area contributed by atoms with E-state index in [0.29, 0.717) is 12.6 Å². The molecule has 96 valence electrons. The van der Waals surface area contributed by atoms with Crippen LogP contribution in [0.4, 0.5) is 0 Å². The molecule has 1 heterocycles. The van der Waals surface area contributed by atoms with Crippen molar-refractivity contribution in [2.24, 2.45) is 0 Å². The van der Waals surface area contributed by atoms with Crippen LogP contribution >= 0.6 is 15.9 Å². The first kappa shape index (κ1) is 14.6. The first-order valence-electron chi connectivity index (χ1n) is 5.81. The van der Waals surface area contributed by atoms with Crippen LogP contribution in [0, 0.1) is 0 Å². The SMILES string of the molecule is CNC(COC(C)(C)C)Cc1cncc(Br)c1. The van der Waals surface area contributed by atoms with Gasteiger partial charge >= 0.3 is 0 Å². The summed E-state index contributed by atoms with van der Waals surface area (Å²) >= 11 is 3.43. The second-order valence-corrected chi connectivity index (χ2v) is 6.04. The number of pyridine rings is 1. The van der Waals surface area contributed by atoms with Crippen molar-refractivity contribution in [2.45, 2.75) is 38.8 Å². The number of rotatable bonds is 5. The van der Waals surface area contributed by atoms with E-state index < -0.39 is 0 Å². The van der Waals surface area contributed by atoms with Crippen LogP contribution in [0.3, 0.4) is 0 Å². The van der Waals surface area contributed by atoms with Crippen LogP contribution in [0.5, 0.6) is 0 Å². The summed E-state index contributed by atoms with van der Waals surface area (Å²) < 4.78 is 6.81. The van der Waals surface area contributed by atoms with Crippen LogP contribution in [0.1, 0.15) is 26.3 Å². The number of hydrogen-bond donors (Lipinski definition) is 1. The normalized spacial score (nSPS) is 13.7. The predicted octanol–water partition coefficient (Wildman–Crippen LogP) is 2.79. The van der Waals surface area contributed by atoms with Crippen molar-refractivity contribution in [3.05, 3.63) is 28.5 Å². The van der Waals surface area contributed by atoms with Crippen molar-refractivity contribution in [1.29, 1.82) is 0 Å². The third-order valence-corrected chi connectivity index (χ3v) is 2.80. The van der Waals surface area contributed by atoms with E-state index >= 15 is 0 Å². The summed E-state index contributed by atoms with van der Waals surface area (Å²) in [6.07, 6.45) is 4.61. The maximum atomic E-state index is 5.79. The van der Waals surface area contributed by atoms with Gasteiger partial charge in [-0.3, -0.25) is 4.98 Å². The lowest BCUT2D eigenvalue weighted by Gasteiger charge is -2.24. The van der Waals surface area contributed by atoms with Crippen molar-refractivity contribution in [2.75, 3.05) is 13.7 Å². The third kappa shape index (κ3) is 6.15. The number of likely N-dealkylation sites (N-methyl/N-ethyl adjacent to an activating group) is 1. The lowest BCUT2D eigenvalue weighted by molar-refractivity contribution is -0.0134. The standard InChI is InChI=1S/C13H21BrN2O/c1-13(2,3)17-9-12(15-4)6-10-5-11(14)8-16-7-10/h5,7-8,12,15H,6,9H2,1-4H3. The maximum Gasteiger partial charge on any atom is 0.0629 e. The number of aromatic nitrogens is 1. The van der Waals surface area contributed by atoms with E-state index in [4.69, 9.17) is 4.74 Å². The summed E-state index contributed by atoms with van der Waals surface area (Å²) in [5.74, 6) is 0. The molecule has 0 saturated heterocycles. The highest BCUT2D eigenvalue weighted by Crippen LogP contribution is 2.13. The number of nitrogens with one attached hydrogen (secondary N) is 1. The average Bonchev–Trinajstić information content (AvgIpc) is 2.23. The Morgan fingerprint density at radius 2 is 2.12 bits per heavy atom. The highest BCUT2D eigenvalue weighted by Gasteiger charge is 2.14. The van der Waals surface area contributed by atoms with Crippen molar-refractivity contribution >= 4 is 15.9 Å². The molecule has 0 fully saturated rings. The monoisotopic (exact) mass is 300 g/mol. The highest BCUT2D eigenvalue weighted by molar-refractivity contribution is 9.10. The zero-order valence-electron chi connectivity index (χ0n) is 11.0. The number of ether oxygens (including phenoxy) is 1. The number of hydrogen-bond acceptors (Lipinski definition) is 3. The number of nitrogens with zero attached hydrogens (tertiary/aromatic N) is 1. The Kier molecular flexibility index (Phi) is 5.56. The average molecular weight is 301 g/mol. The van der Waals surface area contributed by atoms with E-state index in [2.05, 4.69) is 53.1 Å². The van der Waals surface area contributed by atoms with Crippen molar-refractivity contribution in [3.63, 3.8) is 0 Å². The molecular formula is C13H21BrN2O. The molecule has 0 aliphatic carbocycles. The molecule has 1 N–H and O–H groups in total. The van der Waals surface area contributed by atoms with Gasteiger partial charge in [-0.15, -0.1) is 0 Å². The van der Waals surface area contributed by atoms with Gasteiger partial charge in [0, 0.05) is 22.9 Å². The molecule has 0 amide bonds. The lowest BCUT2D eigenvalue weighted by Crippen LogP contribution is -2.36. The molecule has 0 aromatic carbocycles. The van der Waals surface area contributed by atoms with Crippen molar-refractivity contribution < 1.29 is 4.74 Å². The molecule has 1 aromatic rings. The molecule has 1 atom stereocenters. The van der Waals surface area contributed by atoms with Gasteiger partial charge in [-0.2, -0.15) is 0 Å². The van der Waals surface area contributed by atoms with Crippen molar-refractivity contribution in [3.8, 4) is 0 Å². The molecule has 0 aliphatic heterocycles. The molecule has 0 saturated carbocycles. The van der Waals surface area contributed by atoms with E-state index in [0.717, 1.165) is 10.9 Å². The zero-order valence-corrected chi connectivity index (χ0v) is 12.5. The Morgan fingerprint density at radius 3 is 2.65 bits per heavy atom. The molecule has 0 spiro atoms. The molecule has 0 aliphatic rings. The van der Waals surface area contributed by atoms with Gasteiger partial charge in [0.1, 0.15) is 0 Å². The van der Waals surface area contributed by atoms with E-state index in [-0.39, 0.29) is 5.60 Å². The van der Waals surface area contributed by atoms with Crippen LogP contribution in [-0.4, -0.2) is 30.3 Å². The molecule has 3 nitrogen and oxygen atoms in total. The van der Waals surface area contributed by atoms with Crippen LogP contribution in [0.2, 0.25) is 0 Å². The van der Waals surface area contributed by atoms with E-state index in [1.807, 2.05) is 13.2 Å². The Hall–Kier alpha value is -0.450. The van der Waals surface area contributed by atoms with Crippen LogP contribution in [-0.2, 0) is 11.2 Å². The Balaban J connectivity index is 2.52. The molecule has 1 aromatic heterocycles. The third-order valence-electron chi connectivity index (χ3n) is 2.37. The van der Waals surface area contributed by atoms with Gasteiger partial charge in [-0.25, -0.2) is 0 Å². The van der Waals surface area contributed by atoms with E-state index in [1.165, 1.54) is 5.56 Å². The predicted molar refractivity (Wildman–Crippen MR) is 74.2 cm³/mol. The lowest BCUT2D eigenvalue weighted by atomic mass is 10.1. The van der Waals surface area contributed by atoms with Crippen LogP contribution in [0.15, 0.2) is 22.9 Å². The van der Waals surface area contributed by atoms with Gasteiger partial charge < -0.3 is 10.1 Å². The molecule has 1 unspecified atom stereocenters. The first-order chi connectivity index (χ1) is 7.90. The van der Waals surface area contributed by atoms with E-state index in [9.17, 15) is 0 Å². The molecular weight excluding hydrogens is 280 g/mol. The number of halogens is 1. The summed E-state index contributed by atoms with van der Waals surface area (Å²) in [5, 5.41) is 3.27. The minimum Gasteiger partial charge on any atom is -0.374 e. The molecule has 0 bridgehead atoms. The highest BCUT2D eigenvalue weighted by atomic mass is 79.9. The van der Waals surface area contributed by atoms with Gasteiger partial charge in [0.05, 0.1) is 12.2 Å².